The van der Waals surface area contributed by atoms with Gasteiger partial charge in [-0.25, -0.2) is 9.78 Å². The smallest absolute Gasteiger partial charge is 0.323 e. The van der Waals surface area contributed by atoms with Gasteiger partial charge < -0.3 is 5.32 Å². The van der Waals surface area contributed by atoms with Crippen LogP contribution in [0, 0.1) is 5.92 Å². The van der Waals surface area contributed by atoms with Gasteiger partial charge in [0.05, 0.1) is 17.1 Å². The van der Waals surface area contributed by atoms with E-state index in [4.69, 9.17) is 0 Å². The topological polar surface area (TPSA) is 62.3 Å². The van der Waals surface area contributed by atoms with Gasteiger partial charge in [0.25, 0.3) is 5.91 Å². The van der Waals surface area contributed by atoms with E-state index in [0.29, 0.717) is 0 Å². The average Bonchev–Trinajstić information content (AvgIpc) is 3.28. The number of nitrogens with one attached hydrogen (secondary N) is 1. The van der Waals surface area contributed by atoms with Gasteiger partial charge in [-0.3, -0.25) is 9.69 Å². The number of imide groups is 1. The van der Waals surface area contributed by atoms with Crippen molar-refractivity contribution >= 4 is 34.6 Å². The van der Waals surface area contributed by atoms with Crippen molar-refractivity contribution in [3.8, 4) is 9.88 Å². The Morgan fingerprint density at radius 2 is 2.25 bits per heavy atom. The molecule has 7 heteroatoms. The van der Waals surface area contributed by atoms with Crippen molar-refractivity contribution < 1.29 is 9.59 Å². The molecule has 2 aromatic heterocycles. The molecule has 1 spiro atoms. The molecule has 0 bridgehead atoms. The Bertz CT molecular complexity index is 771. The SMILES string of the molecule is C[C@@H]1CCCC[C@]12NC(=O)N(Cc1csc(-c3cccs3)n1)C2=O. The molecule has 1 saturated heterocycles. The second-order valence-electron chi connectivity index (χ2n) is 6.56. The summed E-state index contributed by atoms with van der Waals surface area (Å²) in [5.74, 6) is 0.107. The van der Waals surface area contributed by atoms with Crippen molar-refractivity contribution in [1.82, 2.24) is 15.2 Å². The lowest BCUT2D eigenvalue weighted by atomic mass is 9.73. The summed E-state index contributed by atoms with van der Waals surface area (Å²) in [7, 11) is 0. The molecule has 0 aromatic carbocycles. The number of hydrogen-bond acceptors (Lipinski definition) is 5. The fourth-order valence-corrected chi connectivity index (χ4v) is 5.32. The van der Waals surface area contributed by atoms with Crippen LogP contribution in [0.2, 0.25) is 0 Å². The molecule has 0 unspecified atom stereocenters. The first-order valence-corrected chi connectivity index (χ1v) is 9.98. The molecule has 0 radical (unpaired) electrons. The van der Waals surface area contributed by atoms with Crippen LogP contribution in [-0.4, -0.2) is 27.4 Å². The molecule has 126 valence electrons. The van der Waals surface area contributed by atoms with E-state index in [1.165, 1.54) is 4.90 Å². The zero-order valence-electron chi connectivity index (χ0n) is 13.4. The van der Waals surface area contributed by atoms with Crippen molar-refractivity contribution in [3.05, 3.63) is 28.6 Å². The Morgan fingerprint density at radius 3 is 3.00 bits per heavy atom. The molecule has 2 fully saturated rings. The number of rotatable bonds is 3. The maximum atomic E-state index is 13.0. The normalized spacial score (nSPS) is 27.0. The molecule has 5 nitrogen and oxygen atoms in total. The van der Waals surface area contributed by atoms with Crippen LogP contribution in [0.25, 0.3) is 9.88 Å². The molecule has 1 saturated carbocycles. The zero-order valence-corrected chi connectivity index (χ0v) is 15.1. The quantitative estimate of drug-likeness (QED) is 0.844. The lowest BCUT2D eigenvalue weighted by Gasteiger charge is -2.36. The minimum Gasteiger partial charge on any atom is -0.323 e. The number of urea groups is 1. The van der Waals surface area contributed by atoms with Gasteiger partial charge >= 0.3 is 6.03 Å². The van der Waals surface area contributed by atoms with Gasteiger partial charge in [0.2, 0.25) is 0 Å². The lowest BCUT2D eigenvalue weighted by Crippen LogP contribution is -2.53. The van der Waals surface area contributed by atoms with Crippen LogP contribution < -0.4 is 5.32 Å². The molecule has 3 heterocycles. The third kappa shape index (κ3) is 2.46. The predicted octanol–water partition coefficient (Wildman–Crippen LogP) is 3.87. The van der Waals surface area contributed by atoms with Gasteiger partial charge in [0.1, 0.15) is 10.5 Å². The molecule has 4 rings (SSSR count). The molecule has 3 amide bonds. The lowest BCUT2D eigenvalue weighted by molar-refractivity contribution is -0.134. The maximum Gasteiger partial charge on any atom is 0.325 e. The van der Waals surface area contributed by atoms with Crippen LogP contribution in [0.15, 0.2) is 22.9 Å². The van der Waals surface area contributed by atoms with Crippen molar-refractivity contribution in [2.45, 2.75) is 44.7 Å². The van der Waals surface area contributed by atoms with Crippen LogP contribution in [0.1, 0.15) is 38.3 Å². The third-order valence-corrected chi connectivity index (χ3v) is 7.04. The minimum atomic E-state index is -0.693. The number of thiazole rings is 1. The average molecular weight is 361 g/mol. The number of aromatic nitrogens is 1. The van der Waals surface area contributed by atoms with Gasteiger partial charge in [0.15, 0.2) is 0 Å². The van der Waals surface area contributed by atoms with Crippen LogP contribution in [0.5, 0.6) is 0 Å². The van der Waals surface area contributed by atoms with E-state index in [1.807, 2.05) is 22.9 Å². The van der Waals surface area contributed by atoms with Crippen molar-refractivity contribution in [1.29, 1.82) is 0 Å². The summed E-state index contributed by atoms with van der Waals surface area (Å²) in [6.07, 6.45) is 3.84. The Kier molecular flexibility index (Phi) is 3.92. The van der Waals surface area contributed by atoms with Crippen molar-refractivity contribution in [3.63, 3.8) is 0 Å². The second-order valence-corrected chi connectivity index (χ2v) is 8.37. The van der Waals surface area contributed by atoms with E-state index in [2.05, 4.69) is 17.2 Å². The van der Waals surface area contributed by atoms with Gasteiger partial charge in [-0.1, -0.05) is 25.8 Å². The number of nitrogens with zero attached hydrogens (tertiary/aromatic N) is 2. The summed E-state index contributed by atoms with van der Waals surface area (Å²) in [6, 6.07) is 3.74. The largest absolute Gasteiger partial charge is 0.325 e. The van der Waals surface area contributed by atoms with E-state index >= 15 is 0 Å². The van der Waals surface area contributed by atoms with E-state index in [9.17, 15) is 9.59 Å². The Hall–Kier alpha value is -1.73. The minimum absolute atomic E-state index is 0.0784. The number of amides is 3. The molecule has 2 aliphatic rings. The molecule has 1 aliphatic heterocycles. The summed E-state index contributed by atoms with van der Waals surface area (Å²) in [5.41, 5.74) is 0.0782. The van der Waals surface area contributed by atoms with Crippen LogP contribution in [0.3, 0.4) is 0 Å². The van der Waals surface area contributed by atoms with Gasteiger partial charge in [0, 0.05) is 5.38 Å². The van der Waals surface area contributed by atoms with E-state index < -0.39 is 5.54 Å². The maximum absolute atomic E-state index is 13.0. The molecule has 1 aliphatic carbocycles. The Labute approximate surface area is 148 Å². The third-order valence-electron chi connectivity index (χ3n) is 5.11. The van der Waals surface area contributed by atoms with E-state index in [1.54, 1.807) is 22.7 Å². The van der Waals surface area contributed by atoms with Gasteiger partial charge in [-0.15, -0.1) is 22.7 Å². The monoisotopic (exact) mass is 361 g/mol. The second kappa shape index (κ2) is 5.97. The van der Waals surface area contributed by atoms with Crippen molar-refractivity contribution in [2.75, 3.05) is 0 Å². The van der Waals surface area contributed by atoms with Gasteiger partial charge in [-0.05, 0) is 30.2 Å². The fraction of sp³-hybridized carbons (Fsp3) is 0.471. The number of hydrogen-bond donors (Lipinski definition) is 1. The molecule has 24 heavy (non-hydrogen) atoms. The standard InChI is InChI=1S/C17H19N3O2S2/c1-11-5-2-3-7-17(11)15(21)20(16(22)19-17)9-12-10-24-14(18-12)13-6-4-8-23-13/h4,6,8,10-11H,2-3,5,7,9H2,1H3,(H,19,22)/t11-,17+/m1/s1. The van der Waals surface area contributed by atoms with Crippen molar-refractivity contribution in [2.24, 2.45) is 5.92 Å². The number of carbonyl (C=O) groups is 2. The highest BCUT2D eigenvalue weighted by molar-refractivity contribution is 7.20. The molecular formula is C17H19N3O2S2. The van der Waals surface area contributed by atoms with Crippen LogP contribution in [0.4, 0.5) is 4.79 Å². The Balaban J connectivity index is 1.55. The molecule has 2 aromatic rings. The Morgan fingerprint density at radius 1 is 1.38 bits per heavy atom. The summed E-state index contributed by atoms with van der Waals surface area (Å²) in [5, 5.41) is 7.88. The summed E-state index contributed by atoms with van der Waals surface area (Å²) >= 11 is 3.19. The summed E-state index contributed by atoms with van der Waals surface area (Å²) in [6.45, 7) is 2.32. The molecular weight excluding hydrogens is 342 g/mol. The van der Waals surface area contributed by atoms with Gasteiger partial charge in [-0.2, -0.15) is 0 Å². The summed E-state index contributed by atoms with van der Waals surface area (Å²) < 4.78 is 0. The van der Waals surface area contributed by atoms with Crippen LogP contribution in [-0.2, 0) is 11.3 Å². The zero-order chi connectivity index (χ0) is 16.7. The first-order valence-electron chi connectivity index (χ1n) is 8.22. The highest BCUT2D eigenvalue weighted by Crippen LogP contribution is 2.38. The van der Waals surface area contributed by atoms with E-state index in [0.717, 1.165) is 41.3 Å². The predicted molar refractivity (Wildman–Crippen MR) is 94.9 cm³/mol. The van der Waals surface area contributed by atoms with Crippen LogP contribution >= 0.6 is 22.7 Å². The highest BCUT2D eigenvalue weighted by atomic mass is 32.1. The fourth-order valence-electron chi connectivity index (χ4n) is 3.69. The number of thiophene rings is 1. The first-order chi connectivity index (χ1) is 11.6. The highest BCUT2D eigenvalue weighted by Gasteiger charge is 2.54. The van der Waals surface area contributed by atoms with E-state index in [-0.39, 0.29) is 24.4 Å². The summed E-state index contributed by atoms with van der Waals surface area (Å²) in [4.78, 5) is 32.4. The molecule has 2 atom stereocenters. The molecule has 1 N–H and O–H groups in total. The number of carbonyl (C=O) groups excluding carboxylic acids is 2. The first kappa shape index (κ1) is 15.8.